The van der Waals surface area contributed by atoms with Gasteiger partial charge < -0.3 is 13.9 Å². The Kier molecular flexibility index (Phi) is 7.03. The van der Waals surface area contributed by atoms with Gasteiger partial charge in [0.05, 0.1) is 18.1 Å². The fourth-order valence-electron chi connectivity index (χ4n) is 2.33. The molecule has 0 saturated heterocycles. The fraction of sp³-hybridized carbons (Fsp3) is 0.105. The molecule has 0 amide bonds. The smallest absolute Gasteiger partial charge is 0.336 e. The summed E-state index contributed by atoms with van der Waals surface area (Å²) in [5, 5.41) is 10.6. The first kappa shape index (κ1) is 19.8. The van der Waals surface area contributed by atoms with Crippen LogP contribution in [0.4, 0.5) is 0 Å². The van der Waals surface area contributed by atoms with Crippen molar-refractivity contribution in [2.75, 3.05) is 0 Å². The van der Waals surface area contributed by atoms with E-state index in [2.05, 4.69) is 13.0 Å². The Morgan fingerprint density at radius 3 is 2.00 bits per heavy atom. The van der Waals surface area contributed by atoms with Gasteiger partial charge in [0.15, 0.2) is 0 Å². The number of rotatable bonds is 1. The quantitative estimate of drug-likeness (QED) is 0.364. The molecule has 0 unspecified atom stereocenters. The predicted octanol–water partition coefficient (Wildman–Crippen LogP) is 6.13. The van der Waals surface area contributed by atoms with Crippen LogP contribution < -0.4 is 0 Å². The van der Waals surface area contributed by atoms with Gasteiger partial charge in [0, 0.05) is 10.8 Å². The van der Waals surface area contributed by atoms with Crippen LogP contribution in [0, 0.1) is 6.92 Å². The maximum Gasteiger partial charge on any atom is 0.336 e. The average molecular weight is 438 g/mol. The maximum absolute atomic E-state index is 10.7. The minimum Gasteiger partial charge on any atom is -0.478 e. The molecule has 126 valence electrons. The number of furan rings is 2. The largest absolute Gasteiger partial charge is 0.478 e. The molecule has 2 aromatic heterocycles. The van der Waals surface area contributed by atoms with Gasteiger partial charge >= 0.3 is 5.97 Å². The first-order valence-corrected chi connectivity index (χ1v) is 6.79. The van der Waals surface area contributed by atoms with Crippen molar-refractivity contribution < 1.29 is 18.7 Å². The highest BCUT2D eigenvalue weighted by Gasteiger charge is 2.08. The van der Waals surface area contributed by atoms with Gasteiger partial charge in [-0.3, -0.25) is 0 Å². The van der Waals surface area contributed by atoms with Crippen molar-refractivity contribution in [3.63, 3.8) is 0 Å². The number of benzene rings is 2. The summed E-state index contributed by atoms with van der Waals surface area (Å²) >= 11 is 0. The molecule has 24 heavy (non-hydrogen) atoms. The Bertz CT molecular complexity index is 937. The van der Waals surface area contributed by atoms with Crippen molar-refractivity contribution in [1.82, 2.24) is 0 Å². The molecule has 0 aliphatic heterocycles. The number of carbonyl (C=O) groups is 1. The summed E-state index contributed by atoms with van der Waals surface area (Å²) in [7, 11) is 0. The SMILES string of the molecule is C.Cc1cccc2occc12.I.O=C(O)c1cccc2occc12. The summed E-state index contributed by atoms with van der Waals surface area (Å²) in [5.41, 5.74) is 3.13. The number of aromatic carboxylic acids is 1. The van der Waals surface area contributed by atoms with Crippen molar-refractivity contribution in [3.8, 4) is 0 Å². The van der Waals surface area contributed by atoms with Crippen molar-refractivity contribution in [2.24, 2.45) is 0 Å². The Balaban J connectivity index is 0.000000224. The van der Waals surface area contributed by atoms with Crippen LogP contribution in [0.2, 0.25) is 0 Å². The third-order valence-electron chi connectivity index (χ3n) is 3.44. The molecule has 4 nitrogen and oxygen atoms in total. The third-order valence-corrected chi connectivity index (χ3v) is 3.44. The molecule has 0 atom stereocenters. The van der Waals surface area contributed by atoms with E-state index in [1.165, 1.54) is 17.2 Å². The molecule has 4 rings (SSSR count). The van der Waals surface area contributed by atoms with Crippen LogP contribution in [0.25, 0.3) is 21.9 Å². The number of hydrogen-bond acceptors (Lipinski definition) is 3. The molecule has 0 spiro atoms. The van der Waals surface area contributed by atoms with E-state index in [-0.39, 0.29) is 37.0 Å². The molecule has 0 aliphatic carbocycles. The summed E-state index contributed by atoms with van der Waals surface area (Å²) in [6.45, 7) is 2.08. The summed E-state index contributed by atoms with van der Waals surface area (Å²) in [4.78, 5) is 10.7. The van der Waals surface area contributed by atoms with E-state index in [0.717, 1.165) is 5.58 Å². The van der Waals surface area contributed by atoms with Gasteiger partial charge in [-0.15, -0.1) is 24.0 Å². The molecule has 4 aromatic rings. The molecule has 5 heteroatoms. The van der Waals surface area contributed by atoms with E-state index in [4.69, 9.17) is 13.9 Å². The predicted molar refractivity (Wildman–Crippen MR) is 106 cm³/mol. The van der Waals surface area contributed by atoms with Gasteiger partial charge in [0.1, 0.15) is 11.2 Å². The van der Waals surface area contributed by atoms with E-state index < -0.39 is 5.97 Å². The lowest BCUT2D eigenvalue weighted by molar-refractivity contribution is 0.0699. The standard InChI is InChI=1S/C9H6O3.C9H8O.CH4.HI/c10-9(11)7-2-1-3-8-6(7)4-5-12-8;1-7-3-2-4-9-8(7)5-6-10-9;;/h1-5H,(H,10,11);2-6H,1H3;1H4;1H. The number of aryl methyl sites for hydroxylation is 1. The minimum absolute atomic E-state index is 0. The molecule has 0 bridgehead atoms. The van der Waals surface area contributed by atoms with E-state index in [1.807, 2.05) is 18.2 Å². The second kappa shape index (κ2) is 8.54. The van der Waals surface area contributed by atoms with Crippen LogP contribution >= 0.6 is 24.0 Å². The lowest BCUT2D eigenvalue weighted by Crippen LogP contribution is -1.95. The number of fused-ring (bicyclic) bond motifs is 2. The lowest BCUT2D eigenvalue weighted by Gasteiger charge is -1.93. The molecule has 1 N–H and O–H groups in total. The van der Waals surface area contributed by atoms with Crippen molar-refractivity contribution in [1.29, 1.82) is 0 Å². The van der Waals surface area contributed by atoms with Gasteiger partial charge in [-0.25, -0.2) is 4.79 Å². The zero-order chi connectivity index (χ0) is 15.5. The molecular weight excluding hydrogens is 419 g/mol. The van der Waals surface area contributed by atoms with Gasteiger partial charge in [-0.05, 0) is 42.8 Å². The van der Waals surface area contributed by atoms with Gasteiger partial charge in [0.2, 0.25) is 0 Å². The Morgan fingerprint density at radius 2 is 1.42 bits per heavy atom. The zero-order valence-electron chi connectivity index (χ0n) is 12.4. The number of carboxylic acids is 1. The molecule has 2 aromatic carbocycles. The molecular formula is C19H19IO4. The van der Waals surface area contributed by atoms with Crippen LogP contribution in [0.15, 0.2) is 69.9 Å². The van der Waals surface area contributed by atoms with Gasteiger partial charge in [-0.1, -0.05) is 25.6 Å². The van der Waals surface area contributed by atoms with Crippen LogP contribution in [0.3, 0.4) is 0 Å². The van der Waals surface area contributed by atoms with E-state index in [0.29, 0.717) is 11.0 Å². The van der Waals surface area contributed by atoms with Gasteiger partial charge in [0.25, 0.3) is 0 Å². The maximum atomic E-state index is 10.7. The van der Waals surface area contributed by atoms with Crippen LogP contribution in [-0.4, -0.2) is 11.1 Å². The summed E-state index contributed by atoms with van der Waals surface area (Å²) in [6.07, 6.45) is 3.20. The first-order valence-electron chi connectivity index (χ1n) is 6.79. The van der Waals surface area contributed by atoms with Crippen molar-refractivity contribution in [3.05, 3.63) is 72.2 Å². The first-order chi connectivity index (χ1) is 10.7. The monoisotopic (exact) mass is 438 g/mol. The van der Waals surface area contributed by atoms with Gasteiger partial charge in [-0.2, -0.15) is 0 Å². The van der Waals surface area contributed by atoms with E-state index in [1.54, 1.807) is 30.5 Å². The van der Waals surface area contributed by atoms with Crippen LogP contribution in [0.5, 0.6) is 0 Å². The Labute approximate surface area is 157 Å². The average Bonchev–Trinajstić information content (AvgIpc) is 3.16. The second-order valence-corrected chi connectivity index (χ2v) is 4.85. The van der Waals surface area contributed by atoms with Crippen LogP contribution in [-0.2, 0) is 0 Å². The molecule has 0 aliphatic rings. The highest BCUT2D eigenvalue weighted by atomic mass is 127. The minimum atomic E-state index is -0.929. The summed E-state index contributed by atoms with van der Waals surface area (Å²) in [6, 6.07) is 14.7. The molecule has 0 saturated carbocycles. The summed E-state index contributed by atoms with van der Waals surface area (Å²) in [5.74, 6) is -0.929. The Morgan fingerprint density at radius 1 is 0.875 bits per heavy atom. The van der Waals surface area contributed by atoms with Crippen LogP contribution in [0.1, 0.15) is 23.3 Å². The van der Waals surface area contributed by atoms with Crippen molar-refractivity contribution in [2.45, 2.75) is 14.4 Å². The highest BCUT2D eigenvalue weighted by molar-refractivity contribution is 14.0. The fourth-order valence-corrected chi connectivity index (χ4v) is 2.33. The van der Waals surface area contributed by atoms with Crippen molar-refractivity contribution >= 4 is 51.9 Å². The normalized spacial score (nSPS) is 9.54. The third kappa shape index (κ3) is 3.97. The molecule has 0 radical (unpaired) electrons. The molecule has 0 fully saturated rings. The zero-order valence-corrected chi connectivity index (χ0v) is 14.7. The van der Waals surface area contributed by atoms with E-state index >= 15 is 0 Å². The topological polar surface area (TPSA) is 63.6 Å². The number of hydrogen-bond donors (Lipinski definition) is 1. The highest BCUT2D eigenvalue weighted by Crippen LogP contribution is 2.19. The Hall–Kier alpha value is -2.28. The number of carboxylic acid groups (broad SMARTS) is 1. The number of halogens is 1. The molecule has 2 heterocycles. The lowest BCUT2D eigenvalue weighted by atomic mass is 10.1. The second-order valence-electron chi connectivity index (χ2n) is 4.85. The summed E-state index contributed by atoms with van der Waals surface area (Å²) < 4.78 is 10.2. The van der Waals surface area contributed by atoms with E-state index in [9.17, 15) is 4.79 Å².